The van der Waals surface area contributed by atoms with Crippen LogP contribution in [0.1, 0.15) is 17.9 Å². The van der Waals surface area contributed by atoms with Crippen molar-refractivity contribution in [2.24, 2.45) is 0 Å². The normalized spacial score (nSPS) is 17.1. The van der Waals surface area contributed by atoms with Crippen LogP contribution in [0.15, 0.2) is 94.3 Å². The van der Waals surface area contributed by atoms with E-state index in [1.54, 1.807) is 36.5 Å². The van der Waals surface area contributed by atoms with Gasteiger partial charge in [0.15, 0.2) is 5.76 Å². The summed E-state index contributed by atoms with van der Waals surface area (Å²) in [6, 6.07) is 17.2. The lowest BCUT2D eigenvalue weighted by Crippen LogP contribution is -2.37. The van der Waals surface area contributed by atoms with Gasteiger partial charge >= 0.3 is 0 Å². The van der Waals surface area contributed by atoms with Crippen molar-refractivity contribution in [1.29, 1.82) is 0 Å². The van der Waals surface area contributed by atoms with Crippen LogP contribution < -0.4 is 10.1 Å². The number of pyridine rings is 1. The molecule has 4 rings (SSSR count). The molecular formula is C28H30BrN3O7S. The first-order valence-electron chi connectivity index (χ1n) is 12.5. The molecule has 0 saturated heterocycles. The standard InChI is InChI=1S/C28H30BrN3O7S/c1-37-24-8-10-25(11-9-24)40(35,36)32(13-15-33)14-16-38-27-18-21(20-4-6-22(29)7-5-20)17-26(39-27)28(34)31-23-3-2-12-30-19-23/h2-12,17,19,21,27,33H,13-16,18H2,1H3,(H,31,34)/t21-,27+/m1/s1. The number of halogens is 1. The van der Waals surface area contributed by atoms with Crippen molar-refractivity contribution >= 4 is 37.5 Å². The number of carbonyl (C=O) groups is 1. The molecule has 40 heavy (non-hydrogen) atoms. The van der Waals surface area contributed by atoms with Crippen molar-refractivity contribution in [3.8, 4) is 5.75 Å². The lowest BCUT2D eigenvalue weighted by molar-refractivity contribution is -0.143. The summed E-state index contributed by atoms with van der Waals surface area (Å²) >= 11 is 3.44. The number of ether oxygens (including phenoxy) is 3. The van der Waals surface area contributed by atoms with Gasteiger partial charge in [0.05, 0.1) is 37.1 Å². The molecule has 0 aliphatic carbocycles. The number of amides is 1. The van der Waals surface area contributed by atoms with E-state index in [1.165, 1.54) is 25.4 Å². The summed E-state index contributed by atoms with van der Waals surface area (Å²) in [4.78, 5) is 17.1. The van der Waals surface area contributed by atoms with Crippen molar-refractivity contribution < 1.29 is 32.5 Å². The van der Waals surface area contributed by atoms with Crippen LogP contribution in [-0.4, -0.2) is 68.4 Å². The van der Waals surface area contributed by atoms with E-state index in [9.17, 15) is 18.3 Å². The number of rotatable bonds is 12. The second-order valence-corrected chi connectivity index (χ2v) is 11.7. The molecule has 212 valence electrons. The highest BCUT2D eigenvalue weighted by Crippen LogP contribution is 2.32. The van der Waals surface area contributed by atoms with Gasteiger partial charge < -0.3 is 24.6 Å². The average molecular weight is 633 g/mol. The Morgan fingerprint density at radius 3 is 2.55 bits per heavy atom. The number of hydrogen-bond donors (Lipinski definition) is 2. The quantitative estimate of drug-likeness (QED) is 0.308. The third-order valence-electron chi connectivity index (χ3n) is 6.19. The SMILES string of the molecule is COc1ccc(S(=O)(=O)N(CCO)CCO[C@@H]2C[C@H](c3ccc(Br)cc3)C=C(C(=O)Nc3cccnc3)O2)cc1. The molecule has 0 spiro atoms. The zero-order chi connectivity index (χ0) is 28.5. The summed E-state index contributed by atoms with van der Waals surface area (Å²) < 4.78 is 45.4. The second-order valence-electron chi connectivity index (χ2n) is 8.84. The van der Waals surface area contributed by atoms with E-state index in [0.717, 1.165) is 14.3 Å². The Morgan fingerprint density at radius 1 is 1.15 bits per heavy atom. The van der Waals surface area contributed by atoms with E-state index >= 15 is 0 Å². The molecule has 0 unspecified atom stereocenters. The lowest BCUT2D eigenvalue weighted by atomic mass is 9.93. The molecule has 2 atom stereocenters. The molecule has 2 N–H and O–H groups in total. The molecular weight excluding hydrogens is 602 g/mol. The molecule has 10 nitrogen and oxygen atoms in total. The fourth-order valence-electron chi connectivity index (χ4n) is 4.14. The number of allylic oxidation sites excluding steroid dienone is 1. The van der Waals surface area contributed by atoms with Crippen molar-refractivity contribution in [2.75, 3.05) is 38.7 Å². The monoisotopic (exact) mass is 631 g/mol. The molecule has 0 radical (unpaired) electrons. The van der Waals surface area contributed by atoms with Gasteiger partial charge in [-0.1, -0.05) is 28.1 Å². The number of carbonyl (C=O) groups excluding carboxylic acids is 1. The van der Waals surface area contributed by atoms with Gasteiger partial charge in [-0.2, -0.15) is 4.31 Å². The number of nitrogens with zero attached hydrogens (tertiary/aromatic N) is 2. The van der Waals surface area contributed by atoms with Crippen LogP contribution in [0.3, 0.4) is 0 Å². The van der Waals surface area contributed by atoms with Crippen LogP contribution in [0.2, 0.25) is 0 Å². The number of aliphatic hydroxyl groups excluding tert-OH is 1. The minimum Gasteiger partial charge on any atom is -0.497 e. The fraction of sp³-hybridized carbons (Fsp3) is 0.286. The maximum Gasteiger partial charge on any atom is 0.290 e. The van der Waals surface area contributed by atoms with E-state index in [1.807, 2.05) is 24.3 Å². The Kier molecular flexibility index (Phi) is 10.3. The molecule has 2 heterocycles. The van der Waals surface area contributed by atoms with Gasteiger partial charge in [0, 0.05) is 36.1 Å². The zero-order valence-electron chi connectivity index (χ0n) is 21.8. The number of aromatic nitrogens is 1. The van der Waals surface area contributed by atoms with E-state index in [4.69, 9.17) is 14.2 Å². The number of nitrogens with one attached hydrogen (secondary N) is 1. The van der Waals surface area contributed by atoms with E-state index in [0.29, 0.717) is 17.9 Å². The van der Waals surface area contributed by atoms with Gasteiger partial charge in [0.25, 0.3) is 5.91 Å². The zero-order valence-corrected chi connectivity index (χ0v) is 24.2. The van der Waals surface area contributed by atoms with Crippen LogP contribution in [0.4, 0.5) is 5.69 Å². The van der Waals surface area contributed by atoms with Gasteiger partial charge in [-0.3, -0.25) is 9.78 Å². The molecule has 12 heteroatoms. The highest BCUT2D eigenvalue weighted by molar-refractivity contribution is 9.10. The first-order valence-corrected chi connectivity index (χ1v) is 14.8. The lowest BCUT2D eigenvalue weighted by Gasteiger charge is -2.30. The molecule has 1 aliphatic heterocycles. The topological polar surface area (TPSA) is 127 Å². The summed E-state index contributed by atoms with van der Waals surface area (Å²) in [5.74, 6) is -0.0150. The van der Waals surface area contributed by atoms with E-state index in [2.05, 4.69) is 26.2 Å². The number of methoxy groups -OCH3 is 1. The van der Waals surface area contributed by atoms with Crippen LogP contribution in [0, 0.1) is 0 Å². The molecule has 1 aromatic heterocycles. The molecule has 1 amide bonds. The summed E-state index contributed by atoms with van der Waals surface area (Å²) in [5.41, 5.74) is 1.49. The van der Waals surface area contributed by atoms with Crippen molar-refractivity contribution in [3.05, 3.63) is 94.9 Å². The van der Waals surface area contributed by atoms with Gasteiger partial charge in [0.1, 0.15) is 5.75 Å². The Morgan fingerprint density at radius 2 is 1.90 bits per heavy atom. The number of sulfonamides is 1. The van der Waals surface area contributed by atoms with Gasteiger partial charge in [0.2, 0.25) is 16.3 Å². The molecule has 0 bridgehead atoms. The summed E-state index contributed by atoms with van der Waals surface area (Å²) in [7, 11) is -2.40. The Hall–Kier alpha value is -3.29. The summed E-state index contributed by atoms with van der Waals surface area (Å²) in [5, 5.41) is 12.3. The Labute approximate surface area is 241 Å². The highest BCUT2D eigenvalue weighted by Gasteiger charge is 2.30. The molecule has 3 aromatic rings. The minimum atomic E-state index is -3.90. The van der Waals surface area contributed by atoms with E-state index in [-0.39, 0.29) is 42.9 Å². The van der Waals surface area contributed by atoms with Crippen LogP contribution in [0.25, 0.3) is 0 Å². The Balaban J connectivity index is 1.46. The molecule has 1 aliphatic rings. The molecule has 2 aromatic carbocycles. The summed E-state index contributed by atoms with van der Waals surface area (Å²) in [6.07, 6.45) is 4.49. The maximum atomic E-state index is 13.2. The molecule has 0 saturated carbocycles. The van der Waals surface area contributed by atoms with Crippen LogP contribution in [-0.2, 0) is 24.3 Å². The van der Waals surface area contributed by atoms with Crippen molar-refractivity contribution in [1.82, 2.24) is 9.29 Å². The number of anilines is 1. The van der Waals surface area contributed by atoms with E-state index < -0.39 is 22.2 Å². The largest absolute Gasteiger partial charge is 0.497 e. The third kappa shape index (κ3) is 7.67. The predicted molar refractivity (Wildman–Crippen MR) is 152 cm³/mol. The minimum absolute atomic E-state index is 0.0232. The highest BCUT2D eigenvalue weighted by atomic mass is 79.9. The maximum absolute atomic E-state index is 13.2. The Bertz CT molecular complexity index is 1400. The smallest absolute Gasteiger partial charge is 0.290 e. The second kappa shape index (κ2) is 13.9. The van der Waals surface area contributed by atoms with Gasteiger partial charge in [-0.25, -0.2) is 8.42 Å². The number of hydrogen-bond acceptors (Lipinski definition) is 8. The van der Waals surface area contributed by atoms with Gasteiger partial charge in [-0.15, -0.1) is 0 Å². The van der Waals surface area contributed by atoms with Crippen molar-refractivity contribution in [2.45, 2.75) is 23.5 Å². The average Bonchev–Trinajstić information content (AvgIpc) is 2.97. The predicted octanol–water partition coefficient (Wildman–Crippen LogP) is 3.91. The first-order chi connectivity index (χ1) is 19.3. The first kappa shape index (κ1) is 29.7. The fourth-order valence-corrected chi connectivity index (χ4v) is 5.82. The number of benzene rings is 2. The third-order valence-corrected chi connectivity index (χ3v) is 8.63. The molecule has 0 fully saturated rings. The number of aliphatic hydroxyl groups is 1. The van der Waals surface area contributed by atoms with Crippen LogP contribution >= 0.6 is 15.9 Å². The van der Waals surface area contributed by atoms with Crippen LogP contribution in [0.5, 0.6) is 5.75 Å². The van der Waals surface area contributed by atoms with Gasteiger partial charge in [-0.05, 0) is 60.2 Å². The van der Waals surface area contributed by atoms with Crippen molar-refractivity contribution in [3.63, 3.8) is 0 Å². The summed E-state index contributed by atoms with van der Waals surface area (Å²) in [6.45, 7) is -0.519.